The number of amides is 1. The molecule has 4 aromatic rings. The fraction of sp³-hybridized carbons (Fsp3) is 0.100. The highest BCUT2D eigenvalue weighted by atomic mass is 19.4. The first-order valence-electron chi connectivity index (χ1n) is 8.81. The molecule has 4 rings (SSSR count). The van der Waals surface area contributed by atoms with Crippen molar-refractivity contribution in [2.75, 3.05) is 11.1 Å². The van der Waals surface area contributed by atoms with Gasteiger partial charge in [0.05, 0.1) is 17.0 Å². The third kappa shape index (κ3) is 3.54. The number of anilines is 2. The van der Waals surface area contributed by atoms with Gasteiger partial charge in [0, 0.05) is 5.56 Å². The number of hydrogen-bond acceptors (Lipinski definition) is 5. The van der Waals surface area contributed by atoms with Crippen molar-refractivity contribution in [3.8, 4) is 11.3 Å². The van der Waals surface area contributed by atoms with Crippen LogP contribution in [-0.4, -0.2) is 25.5 Å². The highest BCUT2D eigenvalue weighted by molar-refractivity contribution is 6.03. The number of nitrogens with one attached hydrogen (secondary N) is 1. The number of rotatable bonds is 3. The van der Waals surface area contributed by atoms with Gasteiger partial charge in [0.2, 0.25) is 0 Å². The van der Waals surface area contributed by atoms with Gasteiger partial charge in [-0.1, -0.05) is 24.3 Å². The number of halogens is 3. The largest absolute Gasteiger partial charge is 0.417 e. The van der Waals surface area contributed by atoms with Crippen molar-refractivity contribution in [3.63, 3.8) is 0 Å². The zero-order valence-corrected chi connectivity index (χ0v) is 15.6. The highest BCUT2D eigenvalue weighted by Crippen LogP contribution is 2.36. The van der Waals surface area contributed by atoms with Gasteiger partial charge in [-0.2, -0.15) is 22.8 Å². The Morgan fingerprint density at radius 2 is 1.80 bits per heavy atom. The van der Waals surface area contributed by atoms with Crippen LogP contribution >= 0.6 is 0 Å². The molecule has 3 heterocycles. The van der Waals surface area contributed by atoms with Gasteiger partial charge in [-0.15, -0.1) is 0 Å². The van der Waals surface area contributed by atoms with Crippen LogP contribution in [0.25, 0.3) is 16.9 Å². The number of alkyl halides is 3. The minimum absolute atomic E-state index is 0.0759. The third-order valence-corrected chi connectivity index (χ3v) is 4.40. The molecule has 7 nitrogen and oxygen atoms in total. The lowest BCUT2D eigenvalue weighted by molar-refractivity contribution is -0.137. The van der Waals surface area contributed by atoms with Crippen molar-refractivity contribution in [2.45, 2.75) is 13.1 Å². The maximum atomic E-state index is 13.4. The fourth-order valence-corrected chi connectivity index (χ4v) is 3.03. The molecule has 30 heavy (non-hydrogen) atoms. The van der Waals surface area contributed by atoms with Crippen molar-refractivity contribution in [1.29, 1.82) is 0 Å². The number of carbonyl (C=O) groups excluding carboxylic acids is 1. The Morgan fingerprint density at radius 1 is 1.03 bits per heavy atom. The van der Waals surface area contributed by atoms with Gasteiger partial charge in [-0.3, -0.25) is 4.79 Å². The van der Waals surface area contributed by atoms with Gasteiger partial charge in [0.1, 0.15) is 11.5 Å². The quantitative estimate of drug-likeness (QED) is 0.531. The molecule has 0 radical (unpaired) electrons. The predicted molar refractivity (Wildman–Crippen MR) is 105 cm³/mol. The molecule has 0 bridgehead atoms. The standard InChI is InChI=1S/C20H15F3N6O/c1-11-18(27-19(30)15-7-4-8-16(24)26-15)29-17(25-11)10-9-14(28-29)12-5-2-3-6-13(12)20(21,22)23/h2-10H,1H3,(H2,24,26)(H,27,30). The predicted octanol–water partition coefficient (Wildman–Crippen LogP) is 3.95. The molecular weight excluding hydrogens is 397 g/mol. The number of hydrogen-bond donors (Lipinski definition) is 2. The van der Waals surface area contributed by atoms with Crippen molar-refractivity contribution in [3.05, 3.63) is 71.5 Å². The van der Waals surface area contributed by atoms with E-state index in [1.165, 1.54) is 40.9 Å². The second-order valence-corrected chi connectivity index (χ2v) is 6.48. The minimum atomic E-state index is -4.53. The zero-order chi connectivity index (χ0) is 21.5. The number of imidazole rings is 1. The Bertz CT molecular complexity index is 1270. The molecule has 0 fully saturated rings. The summed E-state index contributed by atoms with van der Waals surface area (Å²) >= 11 is 0. The first kappa shape index (κ1) is 19.4. The summed E-state index contributed by atoms with van der Waals surface area (Å²) in [6.45, 7) is 1.65. The molecule has 0 spiro atoms. The van der Waals surface area contributed by atoms with E-state index in [9.17, 15) is 18.0 Å². The second kappa shape index (κ2) is 7.14. The van der Waals surface area contributed by atoms with E-state index in [0.717, 1.165) is 6.07 Å². The maximum Gasteiger partial charge on any atom is 0.417 e. The van der Waals surface area contributed by atoms with Gasteiger partial charge >= 0.3 is 6.18 Å². The van der Waals surface area contributed by atoms with E-state index < -0.39 is 17.6 Å². The summed E-state index contributed by atoms with van der Waals surface area (Å²) < 4.78 is 41.5. The smallest absolute Gasteiger partial charge is 0.384 e. The average Bonchev–Trinajstić information content (AvgIpc) is 3.02. The molecule has 0 saturated carbocycles. The minimum Gasteiger partial charge on any atom is -0.384 e. The number of carbonyl (C=O) groups is 1. The topological polar surface area (TPSA) is 98.2 Å². The fourth-order valence-electron chi connectivity index (χ4n) is 3.03. The summed E-state index contributed by atoms with van der Waals surface area (Å²) in [5, 5.41) is 6.96. The van der Waals surface area contributed by atoms with Gasteiger partial charge in [-0.25, -0.2) is 9.97 Å². The zero-order valence-electron chi connectivity index (χ0n) is 15.6. The van der Waals surface area contributed by atoms with Crippen LogP contribution in [0.5, 0.6) is 0 Å². The van der Waals surface area contributed by atoms with Crippen LogP contribution in [0.1, 0.15) is 21.7 Å². The SMILES string of the molecule is Cc1nc2ccc(-c3ccccc3C(F)(F)F)nn2c1NC(=O)c1cccc(N)n1. The lowest BCUT2D eigenvalue weighted by Gasteiger charge is -2.12. The third-order valence-electron chi connectivity index (χ3n) is 4.40. The molecule has 10 heteroatoms. The first-order valence-corrected chi connectivity index (χ1v) is 8.81. The van der Waals surface area contributed by atoms with Crippen LogP contribution in [-0.2, 0) is 6.18 Å². The van der Waals surface area contributed by atoms with Gasteiger partial charge in [0.25, 0.3) is 5.91 Å². The van der Waals surface area contributed by atoms with E-state index in [0.29, 0.717) is 11.3 Å². The normalized spacial score (nSPS) is 11.6. The van der Waals surface area contributed by atoms with E-state index in [1.807, 2.05) is 0 Å². The molecule has 0 saturated heterocycles. The maximum absolute atomic E-state index is 13.4. The van der Waals surface area contributed by atoms with Crippen molar-refractivity contribution in [2.24, 2.45) is 0 Å². The summed E-state index contributed by atoms with van der Waals surface area (Å²) in [6, 6.07) is 12.8. The van der Waals surface area contributed by atoms with Crippen LogP contribution in [0, 0.1) is 6.92 Å². The lowest BCUT2D eigenvalue weighted by atomic mass is 10.0. The highest BCUT2D eigenvalue weighted by Gasteiger charge is 2.33. The number of pyridine rings is 1. The van der Waals surface area contributed by atoms with E-state index in [4.69, 9.17) is 5.73 Å². The van der Waals surface area contributed by atoms with E-state index >= 15 is 0 Å². The van der Waals surface area contributed by atoms with Gasteiger partial charge in [-0.05, 0) is 37.3 Å². The summed E-state index contributed by atoms with van der Waals surface area (Å²) in [5.74, 6) is -0.137. The average molecular weight is 412 g/mol. The van der Waals surface area contributed by atoms with Crippen LogP contribution in [0.15, 0.2) is 54.6 Å². The summed E-state index contributed by atoms with van der Waals surface area (Å²) in [4.78, 5) is 20.8. The molecule has 3 aromatic heterocycles. The Balaban J connectivity index is 1.79. The molecule has 152 valence electrons. The number of nitrogens with two attached hydrogens (primary N) is 1. The van der Waals surface area contributed by atoms with E-state index in [-0.39, 0.29) is 28.6 Å². The molecular formula is C20H15F3N6O. The molecule has 1 aromatic carbocycles. The van der Waals surface area contributed by atoms with Crippen molar-refractivity contribution >= 4 is 23.2 Å². The summed E-state index contributed by atoms with van der Waals surface area (Å²) in [5.41, 5.74) is 5.72. The van der Waals surface area contributed by atoms with Crippen molar-refractivity contribution in [1.82, 2.24) is 19.6 Å². The number of benzene rings is 1. The van der Waals surface area contributed by atoms with Crippen LogP contribution in [0.3, 0.4) is 0 Å². The van der Waals surface area contributed by atoms with Crippen molar-refractivity contribution < 1.29 is 18.0 Å². The molecule has 1 amide bonds. The Hall–Kier alpha value is -3.95. The number of nitrogens with zero attached hydrogens (tertiary/aromatic N) is 4. The van der Waals surface area contributed by atoms with Crippen LogP contribution < -0.4 is 11.1 Å². The molecule has 0 aliphatic rings. The first-order chi connectivity index (χ1) is 14.2. The Morgan fingerprint density at radius 3 is 2.53 bits per heavy atom. The van der Waals surface area contributed by atoms with Gasteiger partial charge < -0.3 is 11.1 Å². The van der Waals surface area contributed by atoms with E-state index in [2.05, 4.69) is 20.4 Å². The summed E-state index contributed by atoms with van der Waals surface area (Å²) in [7, 11) is 0. The summed E-state index contributed by atoms with van der Waals surface area (Å²) in [6.07, 6.45) is -4.53. The molecule has 0 aliphatic heterocycles. The monoisotopic (exact) mass is 412 g/mol. The molecule has 0 unspecified atom stereocenters. The van der Waals surface area contributed by atoms with E-state index in [1.54, 1.807) is 19.1 Å². The molecule has 0 atom stereocenters. The molecule has 0 aliphatic carbocycles. The number of aromatic nitrogens is 4. The van der Waals surface area contributed by atoms with Crippen LogP contribution in [0.2, 0.25) is 0 Å². The number of nitrogen functional groups attached to an aromatic ring is 1. The number of aryl methyl sites for hydroxylation is 1. The second-order valence-electron chi connectivity index (χ2n) is 6.48. The Labute approximate surface area is 168 Å². The Kier molecular flexibility index (Phi) is 4.61. The lowest BCUT2D eigenvalue weighted by Crippen LogP contribution is -2.17. The molecule has 3 N–H and O–H groups in total. The number of fused-ring (bicyclic) bond motifs is 1. The van der Waals surface area contributed by atoms with Crippen LogP contribution in [0.4, 0.5) is 24.8 Å². The van der Waals surface area contributed by atoms with Gasteiger partial charge in [0.15, 0.2) is 11.5 Å².